The lowest BCUT2D eigenvalue weighted by Crippen LogP contribution is -2.37. The zero-order valence-corrected chi connectivity index (χ0v) is 20.8. The van der Waals surface area contributed by atoms with E-state index in [1.54, 1.807) is 24.3 Å². The number of pyridine rings is 1. The molecule has 1 aromatic carbocycles. The first-order valence-corrected chi connectivity index (χ1v) is 12.6. The van der Waals surface area contributed by atoms with Crippen LogP contribution in [0, 0.1) is 0 Å². The highest BCUT2D eigenvalue weighted by molar-refractivity contribution is 5.88. The number of fused-ring (bicyclic) bond motifs is 1. The molecule has 2 saturated heterocycles. The maximum atomic E-state index is 12.4. The molecule has 2 aliphatic heterocycles. The van der Waals surface area contributed by atoms with Crippen LogP contribution in [0.15, 0.2) is 36.5 Å². The molecular weight excluding hydrogens is 501 g/mol. The Bertz CT molecular complexity index is 1260. The van der Waals surface area contributed by atoms with E-state index in [1.165, 1.54) is 0 Å². The molecule has 202 valence electrons. The highest BCUT2D eigenvalue weighted by Gasteiger charge is 2.27. The van der Waals surface area contributed by atoms with Crippen LogP contribution in [0.3, 0.4) is 0 Å². The predicted octanol–water partition coefficient (Wildman–Crippen LogP) is 2.58. The van der Waals surface area contributed by atoms with Gasteiger partial charge in [-0.15, -0.1) is 0 Å². The Balaban J connectivity index is 1.41. The summed E-state index contributed by atoms with van der Waals surface area (Å²) in [4.78, 5) is 30.8. The lowest BCUT2D eigenvalue weighted by molar-refractivity contribution is -0.138. The summed E-state index contributed by atoms with van der Waals surface area (Å²) in [6, 6.07) is 9.02. The Hall–Kier alpha value is -3.35. The van der Waals surface area contributed by atoms with Crippen molar-refractivity contribution in [3.63, 3.8) is 0 Å². The number of morpholine rings is 2. The number of aromatic nitrogens is 3. The van der Waals surface area contributed by atoms with Gasteiger partial charge in [0, 0.05) is 44.5 Å². The Morgan fingerprint density at radius 2 is 1.63 bits per heavy atom. The molecule has 0 aliphatic carbocycles. The van der Waals surface area contributed by atoms with Gasteiger partial charge >= 0.3 is 6.18 Å². The molecule has 4 heterocycles. The molecule has 0 radical (unpaired) electrons. The van der Waals surface area contributed by atoms with E-state index in [-0.39, 0.29) is 6.42 Å². The van der Waals surface area contributed by atoms with Gasteiger partial charge in [0.1, 0.15) is 12.1 Å². The van der Waals surface area contributed by atoms with Gasteiger partial charge in [-0.1, -0.05) is 24.3 Å². The van der Waals surface area contributed by atoms with E-state index in [0.717, 1.165) is 47.6 Å². The topological polar surface area (TPSA) is 92.7 Å². The van der Waals surface area contributed by atoms with Gasteiger partial charge in [0.25, 0.3) is 0 Å². The minimum atomic E-state index is -4.44. The van der Waals surface area contributed by atoms with Crippen molar-refractivity contribution in [1.82, 2.24) is 25.2 Å². The SMILES string of the molecule is O=C(Cc1ccc(-c2nc(N3CCOCC3)c3ncc(CN4CCOCC4)cc3n2)cc1)NCC(F)(F)F. The van der Waals surface area contributed by atoms with Gasteiger partial charge in [0.15, 0.2) is 11.6 Å². The number of anilines is 1. The number of nitrogens with zero attached hydrogens (tertiary/aromatic N) is 5. The Labute approximate surface area is 218 Å². The average Bonchev–Trinajstić information content (AvgIpc) is 2.92. The number of alkyl halides is 3. The van der Waals surface area contributed by atoms with Gasteiger partial charge in [-0.2, -0.15) is 13.2 Å². The Morgan fingerprint density at radius 1 is 0.947 bits per heavy atom. The number of ether oxygens (including phenoxy) is 2. The van der Waals surface area contributed by atoms with Crippen molar-refractivity contribution in [2.45, 2.75) is 19.1 Å². The molecule has 0 unspecified atom stereocenters. The van der Waals surface area contributed by atoms with Crippen LogP contribution in [0.4, 0.5) is 19.0 Å². The van der Waals surface area contributed by atoms with E-state index >= 15 is 0 Å². The third-order valence-electron chi connectivity index (χ3n) is 6.46. The molecule has 9 nitrogen and oxygen atoms in total. The molecule has 38 heavy (non-hydrogen) atoms. The van der Waals surface area contributed by atoms with Crippen molar-refractivity contribution < 1.29 is 27.4 Å². The fourth-order valence-electron chi connectivity index (χ4n) is 4.49. The van der Waals surface area contributed by atoms with Crippen LogP contribution in [0.2, 0.25) is 0 Å². The predicted molar refractivity (Wildman–Crippen MR) is 135 cm³/mol. The van der Waals surface area contributed by atoms with Gasteiger partial charge in [-0.25, -0.2) is 9.97 Å². The maximum absolute atomic E-state index is 12.4. The van der Waals surface area contributed by atoms with Crippen molar-refractivity contribution in [2.75, 3.05) is 64.1 Å². The van der Waals surface area contributed by atoms with Gasteiger partial charge in [0.2, 0.25) is 5.91 Å². The molecule has 0 bridgehead atoms. The average molecular weight is 531 g/mol. The minimum absolute atomic E-state index is 0.150. The number of halogens is 3. The number of nitrogens with one attached hydrogen (secondary N) is 1. The number of amides is 1. The van der Waals surface area contributed by atoms with E-state index in [0.29, 0.717) is 50.9 Å². The van der Waals surface area contributed by atoms with Crippen LogP contribution in [-0.4, -0.2) is 91.1 Å². The van der Waals surface area contributed by atoms with Crippen molar-refractivity contribution in [2.24, 2.45) is 0 Å². The van der Waals surface area contributed by atoms with Crippen LogP contribution in [0.1, 0.15) is 11.1 Å². The molecule has 3 aromatic rings. The van der Waals surface area contributed by atoms with Crippen LogP contribution < -0.4 is 10.2 Å². The number of carbonyl (C=O) groups is 1. The molecule has 2 aromatic heterocycles. The lowest BCUT2D eigenvalue weighted by atomic mass is 10.1. The smallest absolute Gasteiger partial charge is 0.379 e. The molecule has 0 atom stereocenters. The zero-order chi connectivity index (χ0) is 26.5. The van der Waals surface area contributed by atoms with Crippen LogP contribution in [-0.2, 0) is 27.2 Å². The van der Waals surface area contributed by atoms with Gasteiger partial charge < -0.3 is 19.7 Å². The summed E-state index contributed by atoms with van der Waals surface area (Å²) >= 11 is 0. The molecule has 1 amide bonds. The molecule has 0 spiro atoms. The number of carbonyl (C=O) groups excluding carboxylic acids is 1. The first kappa shape index (κ1) is 26.3. The second kappa shape index (κ2) is 11.6. The fraction of sp³-hybridized carbons (Fsp3) is 0.462. The quantitative estimate of drug-likeness (QED) is 0.499. The van der Waals surface area contributed by atoms with Crippen molar-refractivity contribution in [1.29, 1.82) is 0 Å². The van der Waals surface area contributed by atoms with E-state index < -0.39 is 18.6 Å². The van der Waals surface area contributed by atoms with E-state index in [9.17, 15) is 18.0 Å². The summed E-state index contributed by atoms with van der Waals surface area (Å²) in [7, 11) is 0. The number of hydrogen-bond acceptors (Lipinski definition) is 8. The van der Waals surface area contributed by atoms with E-state index in [2.05, 4.69) is 9.80 Å². The molecule has 2 fully saturated rings. The number of hydrogen-bond donors (Lipinski definition) is 1. The monoisotopic (exact) mass is 530 g/mol. The van der Waals surface area contributed by atoms with E-state index in [1.807, 2.05) is 17.6 Å². The lowest BCUT2D eigenvalue weighted by Gasteiger charge is -2.29. The maximum Gasteiger partial charge on any atom is 0.405 e. The molecule has 5 rings (SSSR count). The second-order valence-corrected chi connectivity index (χ2v) is 9.34. The summed E-state index contributed by atoms with van der Waals surface area (Å²) in [5.74, 6) is 0.560. The van der Waals surface area contributed by atoms with Crippen molar-refractivity contribution in [3.05, 3.63) is 47.7 Å². The third-order valence-corrected chi connectivity index (χ3v) is 6.46. The highest BCUT2D eigenvalue weighted by atomic mass is 19.4. The van der Waals surface area contributed by atoms with E-state index in [4.69, 9.17) is 24.4 Å². The second-order valence-electron chi connectivity index (χ2n) is 9.34. The first-order valence-electron chi connectivity index (χ1n) is 12.6. The molecule has 12 heteroatoms. The van der Waals surface area contributed by atoms with Crippen molar-refractivity contribution in [3.8, 4) is 11.4 Å². The highest BCUT2D eigenvalue weighted by Crippen LogP contribution is 2.28. The minimum Gasteiger partial charge on any atom is -0.379 e. The number of rotatable bonds is 7. The zero-order valence-electron chi connectivity index (χ0n) is 20.8. The van der Waals surface area contributed by atoms with Crippen LogP contribution in [0.5, 0.6) is 0 Å². The summed E-state index contributed by atoms with van der Waals surface area (Å²) in [6.07, 6.45) is -2.71. The normalized spacial score (nSPS) is 17.1. The summed E-state index contributed by atoms with van der Waals surface area (Å²) in [6.45, 7) is 5.15. The van der Waals surface area contributed by atoms with Gasteiger partial charge in [-0.3, -0.25) is 14.7 Å². The summed E-state index contributed by atoms with van der Waals surface area (Å²) < 4.78 is 48.1. The largest absolute Gasteiger partial charge is 0.405 e. The van der Waals surface area contributed by atoms with Gasteiger partial charge in [0.05, 0.1) is 38.4 Å². The van der Waals surface area contributed by atoms with Crippen molar-refractivity contribution >= 4 is 22.8 Å². The fourth-order valence-corrected chi connectivity index (χ4v) is 4.49. The van der Waals surface area contributed by atoms with Crippen LogP contribution >= 0.6 is 0 Å². The first-order chi connectivity index (χ1) is 18.3. The summed E-state index contributed by atoms with van der Waals surface area (Å²) in [5.41, 5.74) is 3.84. The van der Waals surface area contributed by atoms with Gasteiger partial charge in [-0.05, 0) is 17.2 Å². The summed E-state index contributed by atoms with van der Waals surface area (Å²) in [5, 5.41) is 1.89. The number of benzene rings is 1. The van der Waals surface area contributed by atoms with Crippen LogP contribution in [0.25, 0.3) is 22.4 Å². The standard InChI is InChI=1S/C26H29F3N6O3/c27-26(28,29)17-31-22(36)14-18-1-3-20(4-2-18)24-32-21-13-19(16-34-5-9-37-10-6-34)15-30-23(21)25(33-24)35-7-11-38-12-8-35/h1-4,13,15H,5-12,14,16-17H2,(H,31,36). The Morgan fingerprint density at radius 3 is 2.32 bits per heavy atom. The third kappa shape index (κ3) is 6.74. The molecule has 0 saturated carbocycles. The molecule has 2 aliphatic rings. The molecular formula is C26H29F3N6O3. The molecule has 1 N–H and O–H groups in total. The Kier molecular flexibility index (Phi) is 8.01.